The standard InChI is InChI=1S/C16H15ClO/c1-11-7-8-12(2)14(9-11)16(18)10-13-5-3-4-6-15(13)17/h3-9H,10H2,1-2H3. The Morgan fingerprint density at radius 1 is 1.11 bits per heavy atom. The van der Waals surface area contributed by atoms with Crippen LogP contribution in [0.3, 0.4) is 0 Å². The zero-order valence-corrected chi connectivity index (χ0v) is 11.3. The van der Waals surface area contributed by atoms with Crippen molar-refractivity contribution in [2.75, 3.05) is 0 Å². The van der Waals surface area contributed by atoms with Gasteiger partial charge in [0.15, 0.2) is 5.78 Å². The highest BCUT2D eigenvalue weighted by atomic mass is 35.5. The second-order valence-corrected chi connectivity index (χ2v) is 4.92. The lowest BCUT2D eigenvalue weighted by molar-refractivity contribution is 0.0992. The van der Waals surface area contributed by atoms with Gasteiger partial charge in [0.2, 0.25) is 0 Å². The van der Waals surface area contributed by atoms with Gasteiger partial charge in [-0.2, -0.15) is 0 Å². The lowest BCUT2D eigenvalue weighted by Crippen LogP contribution is -2.06. The molecule has 2 aromatic rings. The minimum atomic E-state index is 0.115. The third-order valence-corrected chi connectivity index (χ3v) is 3.37. The Balaban J connectivity index is 2.28. The first-order valence-corrected chi connectivity index (χ1v) is 6.29. The van der Waals surface area contributed by atoms with Crippen LogP contribution in [0.4, 0.5) is 0 Å². The topological polar surface area (TPSA) is 17.1 Å². The van der Waals surface area contributed by atoms with Crippen molar-refractivity contribution in [2.45, 2.75) is 20.3 Å². The zero-order chi connectivity index (χ0) is 13.1. The fourth-order valence-corrected chi connectivity index (χ4v) is 2.15. The lowest BCUT2D eigenvalue weighted by Gasteiger charge is -2.07. The monoisotopic (exact) mass is 258 g/mol. The van der Waals surface area contributed by atoms with Crippen LogP contribution < -0.4 is 0 Å². The number of Topliss-reactive ketones (excluding diaryl/α,β-unsaturated/α-hetero) is 1. The normalized spacial score (nSPS) is 10.4. The number of aryl methyl sites for hydroxylation is 2. The molecule has 0 unspecified atom stereocenters. The molecular formula is C16H15ClO. The number of hydrogen-bond acceptors (Lipinski definition) is 1. The first-order chi connectivity index (χ1) is 8.58. The summed E-state index contributed by atoms with van der Waals surface area (Å²) in [5.74, 6) is 0.115. The summed E-state index contributed by atoms with van der Waals surface area (Å²) in [5.41, 5.74) is 3.78. The van der Waals surface area contributed by atoms with Crippen molar-refractivity contribution >= 4 is 17.4 Å². The van der Waals surface area contributed by atoms with Crippen molar-refractivity contribution < 1.29 is 4.79 Å². The summed E-state index contributed by atoms with van der Waals surface area (Å²) in [6.45, 7) is 3.95. The van der Waals surface area contributed by atoms with Gasteiger partial charge >= 0.3 is 0 Å². The van der Waals surface area contributed by atoms with Crippen molar-refractivity contribution in [1.29, 1.82) is 0 Å². The first-order valence-electron chi connectivity index (χ1n) is 5.92. The van der Waals surface area contributed by atoms with Gasteiger partial charge in [0.1, 0.15) is 0 Å². The van der Waals surface area contributed by atoms with Crippen LogP contribution in [0.5, 0.6) is 0 Å². The van der Waals surface area contributed by atoms with Crippen LogP contribution in [0, 0.1) is 13.8 Å². The number of benzene rings is 2. The minimum absolute atomic E-state index is 0.115. The van der Waals surface area contributed by atoms with E-state index >= 15 is 0 Å². The van der Waals surface area contributed by atoms with E-state index in [0.29, 0.717) is 11.4 Å². The summed E-state index contributed by atoms with van der Waals surface area (Å²) >= 11 is 6.07. The van der Waals surface area contributed by atoms with Crippen molar-refractivity contribution in [3.05, 3.63) is 69.7 Å². The summed E-state index contributed by atoms with van der Waals surface area (Å²) < 4.78 is 0. The van der Waals surface area contributed by atoms with E-state index in [1.54, 1.807) is 0 Å². The van der Waals surface area contributed by atoms with Crippen LogP contribution in [0.25, 0.3) is 0 Å². The molecule has 0 amide bonds. The van der Waals surface area contributed by atoms with Gasteiger partial charge in [0, 0.05) is 17.0 Å². The molecule has 0 N–H and O–H groups in total. The summed E-state index contributed by atoms with van der Waals surface area (Å²) in [6.07, 6.45) is 0.351. The molecule has 0 spiro atoms. The Labute approximate surface area is 112 Å². The smallest absolute Gasteiger partial charge is 0.167 e. The van der Waals surface area contributed by atoms with Gasteiger partial charge in [0.05, 0.1) is 0 Å². The highest BCUT2D eigenvalue weighted by Gasteiger charge is 2.11. The maximum Gasteiger partial charge on any atom is 0.167 e. The highest BCUT2D eigenvalue weighted by Crippen LogP contribution is 2.19. The van der Waals surface area contributed by atoms with Gasteiger partial charge in [-0.1, -0.05) is 47.5 Å². The van der Waals surface area contributed by atoms with E-state index < -0.39 is 0 Å². The molecule has 0 aliphatic carbocycles. The average Bonchev–Trinajstić information content (AvgIpc) is 2.35. The second kappa shape index (κ2) is 5.36. The van der Waals surface area contributed by atoms with E-state index in [0.717, 1.165) is 22.3 Å². The fraction of sp³-hybridized carbons (Fsp3) is 0.188. The molecule has 0 radical (unpaired) electrons. The summed E-state index contributed by atoms with van der Waals surface area (Å²) in [4.78, 5) is 12.3. The van der Waals surface area contributed by atoms with Gasteiger partial charge in [-0.05, 0) is 37.1 Å². The van der Waals surface area contributed by atoms with Gasteiger partial charge in [-0.15, -0.1) is 0 Å². The van der Waals surface area contributed by atoms with Crippen molar-refractivity contribution in [1.82, 2.24) is 0 Å². The third-order valence-electron chi connectivity index (χ3n) is 3.00. The molecule has 2 aromatic carbocycles. The largest absolute Gasteiger partial charge is 0.294 e. The first kappa shape index (κ1) is 12.8. The van der Waals surface area contributed by atoms with Crippen LogP contribution >= 0.6 is 11.6 Å². The van der Waals surface area contributed by atoms with Crippen molar-refractivity contribution in [3.8, 4) is 0 Å². The van der Waals surface area contributed by atoms with Crippen molar-refractivity contribution in [2.24, 2.45) is 0 Å². The summed E-state index contributed by atoms with van der Waals surface area (Å²) in [7, 11) is 0. The molecule has 0 saturated heterocycles. The van der Waals surface area contributed by atoms with E-state index in [-0.39, 0.29) is 5.78 Å². The maximum absolute atomic E-state index is 12.3. The van der Waals surface area contributed by atoms with Crippen LogP contribution in [0.1, 0.15) is 27.0 Å². The Kier molecular flexibility index (Phi) is 3.83. The molecule has 0 aliphatic rings. The molecular weight excluding hydrogens is 244 g/mol. The van der Waals surface area contributed by atoms with E-state index in [2.05, 4.69) is 0 Å². The second-order valence-electron chi connectivity index (χ2n) is 4.51. The lowest BCUT2D eigenvalue weighted by atomic mass is 9.97. The Hall–Kier alpha value is -1.60. The highest BCUT2D eigenvalue weighted by molar-refractivity contribution is 6.31. The van der Waals surface area contributed by atoms with Gasteiger partial charge in [0.25, 0.3) is 0 Å². The third kappa shape index (κ3) is 2.80. The average molecular weight is 259 g/mol. The number of halogens is 1. The SMILES string of the molecule is Cc1ccc(C)c(C(=O)Cc2ccccc2Cl)c1. The summed E-state index contributed by atoms with van der Waals surface area (Å²) in [5, 5.41) is 0.649. The Morgan fingerprint density at radius 3 is 2.56 bits per heavy atom. The molecule has 0 aliphatic heterocycles. The molecule has 2 heteroatoms. The predicted octanol–water partition coefficient (Wildman–Crippen LogP) is 4.38. The van der Waals surface area contributed by atoms with Crippen LogP contribution in [0.2, 0.25) is 5.02 Å². The molecule has 0 saturated carbocycles. The molecule has 0 aromatic heterocycles. The number of hydrogen-bond donors (Lipinski definition) is 0. The van der Waals surface area contributed by atoms with Crippen molar-refractivity contribution in [3.63, 3.8) is 0 Å². The molecule has 0 atom stereocenters. The zero-order valence-electron chi connectivity index (χ0n) is 10.5. The number of ketones is 1. The molecule has 0 bridgehead atoms. The Morgan fingerprint density at radius 2 is 1.83 bits per heavy atom. The summed E-state index contributed by atoms with van der Waals surface area (Å²) in [6, 6.07) is 13.4. The van der Waals surface area contributed by atoms with E-state index in [1.165, 1.54) is 0 Å². The molecule has 2 rings (SSSR count). The predicted molar refractivity (Wildman–Crippen MR) is 75.4 cm³/mol. The van der Waals surface area contributed by atoms with Crippen LogP contribution in [-0.2, 0) is 6.42 Å². The molecule has 18 heavy (non-hydrogen) atoms. The molecule has 1 nitrogen and oxygen atoms in total. The van der Waals surface area contributed by atoms with Gasteiger partial charge in [-0.3, -0.25) is 4.79 Å². The number of rotatable bonds is 3. The van der Waals surface area contributed by atoms with Crippen LogP contribution in [0.15, 0.2) is 42.5 Å². The van der Waals surface area contributed by atoms with Gasteiger partial charge in [-0.25, -0.2) is 0 Å². The molecule has 0 fully saturated rings. The van der Waals surface area contributed by atoms with E-state index in [9.17, 15) is 4.79 Å². The maximum atomic E-state index is 12.3. The quantitative estimate of drug-likeness (QED) is 0.747. The Bertz CT molecular complexity index is 587. The minimum Gasteiger partial charge on any atom is -0.294 e. The number of carbonyl (C=O) groups excluding carboxylic acids is 1. The molecule has 0 heterocycles. The number of carbonyl (C=O) groups is 1. The van der Waals surface area contributed by atoms with E-state index in [4.69, 9.17) is 11.6 Å². The molecule has 92 valence electrons. The fourth-order valence-electron chi connectivity index (χ4n) is 1.95. The van der Waals surface area contributed by atoms with Crippen LogP contribution in [-0.4, -0.2) is 5.78 Å². The van der Waals surface area contributed by atoms with E-state index in [1.807, 2.05) is 56.3 Å². The van der Waals surface area contributed by atoms with Gasteiger partial charge < -0.3 is 0 Å².